The first-order valence-electron chi connectivity index (χ1n) is 11.3. The standard InChI is InChI=1S/C26H17ClF5N3O3/c27-18-2-1-14(28)10-16(18)23-22-17(25(38)35-23)7-11(19-3-4-21(36)33-19)8-20(22)34-24(37)12-5-13(26(30,31)32)9-15(29)6-12/h1-2,5-10,19,23H,3-4H2,(H,33,36)(H,34,37)(H,35,38). The van der Waals surface area contributed by atoms with Crippen LogP contribution in [0.25, 0.3) is 0 Å². The van der Waals surface area contributed by atoms with Crippen LogP contribution in [0, 0.1) is 11.6 Å². The molecule has 6 nitrogen and oxygen atoms in total. The second kappa shape index (κ2) is 9.39. The molecule has 196 valence electrons. The van der Waals surface area contributed by atoms with E-state index >= 15 is 0 Å². The zero-order chi connectivity index (χ0) is 27.4. The summed E-state index contributed by atoms with van der Waals surface area (Å²) in [6, 6.07) is 6.44. The Balaban J connectivity index is 1.62. The maximum atomic E-state index is 14.1. The zero-order valence-electron chi connectivity index (χ0n) is 19.2. The number of hydrogen-bond acceptors (Lipinski definition) is 3. The van der Waals surface area contributed by atoms with Crippen molar-refractivity contribution in [1.29, 1.82) is 0 Å². The van der Waals surface area contributed by atoms with Crippen molar-refractivity contribution in [1.82, 2.24) is 10.6 Å². The lowest BCUT2D eigenvalue weighted by atomic mass is 9.92. The van der Waals surface area contributed by atoms with E-state index in [-0.39, 0.29) is 45.8 Å². The lowest BCUT2D eigenvalue weighted by Gasteiger charge is -2.20. The molecule has 3 aromatic rings. The van der Waals surface area contributed by atoms with Crippen LogP contribution in [0.1, 0.15) is 67.9 Å². The molecule has 0 bridgehead atoms. The number of benzene rings is 3. The maximum absolute atomic E-state index is 14.1. The third-order valence-electron chi connectivity index (χ3n) is 6.41. The summed E-state index contributed by atoms with van der Waals surface area (Å²) in [6.07, 6.45) is -4.25. The highest BCUT2D eigenvalue weighted by Gasteiger charge is 2.37. The van der Waals surface area contributed by atoms with E-state index in [0.29, 0.717) is 24.1 Å². The SMILES string of the molecule is O=C1CCC(c2cc(NC(=O)c3cc(F)cc(C(F)(F)F)c3)c3c(c2)C(=O)NC3c2cc(F)ccc2Cl)N1. The highest BCUT2D eigenvalue weighted by atomic mass is 35.5. The molecular formula is C26H17ClF5N3O3. The van der Waals surface area contributed by atoms with Crippen LogP contribution >= 0.6 is 11.6 Å². The summed E-state index contributed by atoms with van der Waals surface area (Å²) >= 11 is 6.27. The molecule has 5 rings (SSSR count). The second-order valence-electron chi connectivity index (χ2n) is 8.94. The molecule has 0 aromatic heterocycles. The first-order chi connectivity index (χ1) is 17.9. The average Bonchev–Trinajstić information content (AvgIpc) is 3.43. The largest absolute Gasteiger partial charge is 0.416 e. The van der Waals surface area contributed by atoms with E-state index in [0.717, 1.165) is 12.1 Å². The Bertz CT molecular complexity index is 1510. The van der Waals surface area contributed by atoms with Crippen molar-refractivity contribution in [3.63, 3.8) is 0 Å². The van der Waals surface area contributed by atoms with E-state index in [2.05, 4.69) is 16.0 Å². The predicted octanol–water partition coefficient (Wildman–Crippen LogP) is 5.67. The van der Waals surface area contributed by atoms with Crippen LogP contribution in [0.2, 0.25) is 5.02 Å². The van der Waals surface area contributed by atoms with Crippen molar-refractivity contribution in [2.75, 3.05) is 5.32 Å². The molecule has 3 N–H and O–H groups in total. The van der Waals surface area contributed by atoms with Crippen LogP contribution in [0.3, 0.4) is 0 Å². The number of carbonyl (C=O) groups excluding carboxylic acids is 3. The molecule has 38 heavy (non-hydrogen) atoms. The lowest BCUT2D eigenvalue weighted by molar-refractivity contribution is -0.137. The first kappa shape index (κ1) is 25.7. The molecule has 2 aliphatic rings. The van der Waals surface area contributed by atoms with Gasteiger partial charge in [-0.25, -0.2) is 8.78 Å². The predicted molar refractivity (Wildman–Crippen MR) is 127 cm³/mol. The summed E-state index contributed by atoms with van der Waals surface area (Å²) in [7, 11) is 0. The molecule has 1 saturated heterocycles. The van der Waals surface area contributed by atoms with Gasteiger partial charge >= 0.3 is 6.18 Å². The number of alkyl halides is 3. The number of anilines is 1. The number of nitrogens with one attached hydrogen (secondary N) is 3. The molecule has 2 atom stereocenters. The van der Waals surface area contributed by atoms with Gasteiger partial charge in [-0.2, -0.15) is 13.2 Å². The minimum atomic E-state index is -4.89. The van der Waals surface area contributed by atoms with E-state index in [9.17, 15) is 36.3 Å². The molecule has 3 aromatic carbocycles. The van der Waals surface area contributed by atoms with E-state index in [4.69, 9.17) is 11.6 Å². The van der Waals surface area contributed by atoms with E-state index in [1.807, 2.05) is 0 Å². The van der Waals surface area contributed by atoms with Crippen LogP contribution in [0.5, 0.6) is 0 Å². The van der Waals surface area contributed by atoms with Gasteiger partial charge in [-0.3, -0.25) is 14.4 Å². The topological polar surface area (TPSA) is 87.3 Å². The molecule has 3 amide bonds. The van der Waals surface area contributed by atoms with Crippen molar-refractivity contribution in [3.05, 3.63) is 98.6 Å². The molecule has 0 radical (unpaired) electrons. The van der Waals surface area contributed by atoms with Crippen LogP contribution in [0.4, 0.5) is 27.6 Å². The van der Waals surface area contributed by atoms with Crippen LogP contribution in [0.15, 0.2) is 48.5 Å². The molecule has 0 saturated carbocycles. The highest BCUT2D eigenvalue weighted by Crippen LogP contribution is 2.42. The quantitative estimate of drug-likeness (QED) is 0.366. The third-order valence-corrected chi connectivity index (χ3v) is 6.76. The number of halogens is 6. The summed E-state index contributed by atoms with van der Waals surface area (Å²) in [5.41, 5.74) is -1.02. The first-order valence-corrected chi connectivity index (χ1v) is 11.7. The fourth-order valence-electron chi connectivity index (χ4n) is 4.67. The van der Waals surface area contributed by atoms with Crippen molar-refractivity contribution < 1.29 is 36.3 Å². The van der Waals surface area contributed by atoms with Crippen molar-refractivity contribution >= 4 is 35.0 Å². The Morgan fingerprint density at radius 1 is 0.974 bits per heavy atom. The lowest BCUT2D eigenvalue weighted by Crippen LogP contribution is -2.21. The minimum Gasteiger partial charge on any atom is -0.349 e. The molecule has 0 spiro atoms. The minimum absolute atomic E-state index is 0.00477. The van der Waals surface area contributed by atoms with Crippen molar-refractivity contribution in [2.45, 2.75) is 31.1 Å². The molecule has 1 fully saturated rings. The van der Waals surface area contributed by atoms with Gasteiger partial charge in [-0.05, 0) is 60.5 Å². The summed E-state index contributed by atoms with van der Waals surface area (Å²) in [5, 5.41) is 8.03. The maximum Gasteiger partial charge on any atom is 0.416 e. The van der Waals surface area contributed by atoms with Gasteiger partial charge in [0.1, 0.15) is 11.6 Å². The normalized spacial score (nSPS) is 18.7. The molecule has 2 aliphatic heterocycles. The Labute approximate surface area is 217 Å². The Hall–Kier alpha value is -3.99. The van der Waals surface area contributed by atoms with Gasteiger partial charge in [-0.1, -0.05) is 11.6 Å². The van der Waals surface area contributed by atoms with Gasteiger partial charge in [0.25, 0.3) is 11.8 Å². The van der Waals surface area contributed by atoms with Crippen LogP contribution < -0.4 is 16.0 Å². The molecule has 2 unspecified atom stereocenters. The number of hydrogen-bond donors (Lipinski definition) is 3. The molecule has 2 heterocycles. The van der Waals surface area contributed by atoms with E-state index in [1.54, 1.807) is 0 Å². The molecular weight excluding hydrogens is 533 g/mol. The van der Waals surface area contributed by atoms with E-state index in [1.165, 1.54) is 18.2 Å². The summed E-state index contributed by atoms with van der Waals surface area (Å²) in [5.74, 6) is -3.76. The Morgan fingerprint density at radius 2 is 1.74 bits per heavy atom. The Morgan fingerprint density at radius 3 is 2.42 bits per heavy atom. The van der Waals surface area contributed by atoms with Crippen LogP contribution in [-0.4, -0.2) is 17.7 Å². The number of carbonyl (C=O) groups is 3. The summed E-state index contributed by atoms with van der Waals surface area (Å²) in [4.78, 5) is 37.8. The van der Waals surface area contributed by atoms with Gasteiger partial charge in [0.05, 0.1) is 17.6 Å². The Kier molecular flexibility index (Phi) is 6.34. The van der Waals surface area contributed by atoms with Crippen molar-refractivity contribution in [3.8, 4) is 0 Å². The third kappa shape index (κ3) is 4.81. The fourth-order valence-corrected chi connectivity index (χ4v) is 4.90. The van der Waals surface area contributed by atoms with Gasteiger partial charge in [0.2, 0.25) is 5.91 Å². The average molecular weight is 550 g/mol. The number of amides is 3. The van der Waals surface area contributed by atoms with Gasteiger partial charge in [0, 0.05) is 39.4 Å². The molecule has 0 aliphatic carbocycles. The zero-order valence-corrected chi connectivity index (χ0v) is 19.9. The van der Waals surface area contributed by atoms with Gasteiger partial charge in [0.15, 0.2) is 0 Å². The van der Waals surface area contributed by atoms with E-state index < -0.39 is 52.8 Å². The number of rotatable bonds is 4. The molecule has 12 heteroatoms. The second-order valence-corrected chi connectivity index (χ2v) is 9.35. The summed E-state index contributed by atoms with van der Waals surface area (Å²) < 4.78 is 67.7. The van der Waals surface area contributed by atoms with Crippen LogP contribution in [-0.2, 0) is 11.0 Å². The monoisotopic (exact) mass is 549 g/mol. The van der Waals surface area contributed by atoms with Gasteiger partial charge in [-0.15, -0.1) is 0 Å². The fraction of sp³-hybridized carbons (Fsp3) is 0.192. The number of fused-ring (bicyclic) bond motifs is 1. The smallest absolute Gasteiger partial charge is 0.349 e. The summed E-state index contributed by atoms with van der Waals surface area (Å²) in [6.45, 7) is 0. The highest BCUT2D eigenvalue weighted by molar-refractivity contribution is 6.31. The van der Waals surface area contributed by atoms with Gasteiger partial charge < -0.3 is 16.0 Å². The van der Waals surface area contributed by atoms with Crippen molar-refractivity contribution in [2.24, 2.45) is 0 Å².